The summed E-state index contributed by atoms with van der Waals surface area (Å²) < 4.78 is 22.6. The number of benzene rings is 1. The van der Waals surface area contributed by atoms with Gasteiger partial charge in [0.15, 0.2) is 6.29 Å². The van der Waals surface area contributed by atoms with Crippen LogP contribution in [0.3, 0.4) is 0 Å². The fraction of sp³-hybridized carbons (Fsp3) is 0.692. The number of esters is 1. The number of methoxy groups -OCH3 is 2. The maximum Gasteiger partial charge on any atom is 0.412 e. The smallest absolute Gasteiger partial charge is 0.412 e. The molecule has 0 bridgehead atoms. The molecule has 1 heterocycles. The van der Waals surface area contributed by atoms with Crippen molar-refractivity contribution >= 4 is 12.1 Å². The third-order valence-electron chi connectivity index (χ3n) is 7.30. The summed E-state index contributed by atoms with van der Waals surface area (Å²) in [4.78, 5) is 28.1. The predicted molar refractivity (Wildman–Crippen MR) is 126 cm³/mol. The molecule has 34 heavy (non-hydrogen) atoms. The Kier molecular flexibility index (Phi) is 7.95. The Morgan fingerprint density at radius 3 is 2.38 bits per heavy atom. The molecule has 1 aromatic carbocycles. The second-order valence-electron chi connectivity index (χ2n) is 10.4. The van der Waals surface area contributed by atoms with Crippen LogP contribution in [0.4, 0.5) is 4.79 Å². The number of carbonyl (C=O) groups excluding carboxylic acids is 2. The van der Waals surface area contributed by atoms with Gasteiger partial charge in [-0.05, 0) is 50.0 Å². The first-order valence-corrected chi connectivity index (χ1v) is 12.0. The summed E-state index contributed by atoms with van der Waals surface area (Å²) in [5, 5.41) is 12.2. The maximum atomic E-state index is 14.0. The molecule has 6 atom stereocenters. The topological polar surface area (TPSA) is 94.5 Å². The summed E-state index contributed by atoms with van der Waals surface area (Å²) in [6.45, 7) is 9.71. The quantitative estimate of drug-likeness (QED) is 0.618. The zero-order chi connectivity index (χ0) is 25.3. The van der Waals surface area contributed by atoms with E-state index >= 15 is 0 Å². The first kappa shape index (κ1) is 26.4. The molecule has 0 aromatic heterocycles. The van der Waals surface area contributed by atoms with Crippen LogP contribution >= 0.6 is 0 Å². The number of amides is 1. The number of nitrogens with zero attached hydrogens (tertiary/aromatic N) is 1. The van der Waals surface area contributed by atoms with Crippen LogP contribution in [0.2, 0.25) is 0 Å². The van der Waals surface area contributed by atoms with Gasteiger partial charge < -0.3 is 24.1 Å². The highest BCUT2D eigenvalue weighted by Gasteiger charge is 2.64. The average molecular weight is 478 g/mol. The second kappa shape index (κ2) is 10.2. The van der Waals surface area contributed by atoms with Gasteiger partial charge in [-0.1, -0.05) is 57.5 Å². The van der Waals surface area contributed by atoms with Crippen molar-refractivity contribution < 1.29 is 33.6 Å². The molecule has 8 nitrogen and oxygen atoms in total. The van der Waals surface area contributed by atoms with Gasteiger partial charge in [0.05, 0.1) is 7.11 Å². The Morgan fingerprint density at radius 2 is 1.82 bits per heavy atom. The zero-order valence-electron chi connectivity index (χ0n) is 21.3. The Labute approximate surface area is 202 Å². The lowest BCUT2D eigenvalue weighted by Gasteiger charge is -2.42. The number of carbonyl (C=O) groups is 2. The monoisotopic (exact) mass is 477 g/mol. The lowest BCUT2D eigenvalue weighted by molar-refractivity contribution is -0.198. The fourth-order valence-corrected chi connectivity index (χ4v) is 5.43. The number of hydrogen-bond donors (Lipinski definition) is 1. The lowest BCUT2D eigenvalue weighted by atomic mass is 9.75. The first-order chi connectivity index (χ1) is 16.0. The van der Waals surface area contributed by atoms with Crippen molar-refractivity contribution in [3.63, 3.8) is 0 Å². The van der Waals surface area contributed by atoms with Gasteiger partial charge >= 0.3 is 12.1 Å². The van der Waals surface area contributed by atoms with Crippen molar-refractivity contribution in [2.75, 3.05) is 14.2 Å². The van der Waals surface area contributed by atoms with E-state index in [9.17, 15) is 14.7 Å². The zero-order valence-corrected chi connectivity index (χ0v) is 21.3. The van der Waals surface area contributed by atoms with Crippen LogP contribution in [0.15, 0.2) is 30.3 Å². The molecule has 1 saturated carbocycles. The fourth-order valence-electron chi connectivity index (χ4n) is 5.43. The molecule has 3 rings (SSSR count). The van der Waals surface area contributed by atoms with E-state index in [0.29, 0.717) is 11.8 Å². The van der Waals surface area contributed by atoms with Crippen LogP contribution in [0, 0.1) is 17.8 Å². The van der Waals surface area contributed by atoms with Crippen molar-refractivity contribution in [1.29, 1.82) is 0 Å². The predicted octanol–water partition coefficient (Wildman–Crippen LogP) is 4.05. The lowest BCUT2D eigenvalue weighted by Crippen LogP contribution is -2.61. The Hall–Kier alpha value is -2.16. The number of hydrogen-bond acceptors (Lipinski definition) is 7. The molecule has 0 spiro atoms. The first-order valence-electron chi connectivity index (χ1n) is 12.0. The van der Waals surface area contributed by atoms with Gasteiger partial charge in [-0.15, -0.1) is 0 Å². The van der Waals surface area contributed by atoms with E-state index in [2.05, 4.69) is 20.8 Å². The normalized spacial score (nSPS) is 30.6. The molecular formula is C26H39NO7. The summed E-state index contributed by atoms with van der Waals surface area (Å²) in [7, 11) is 2.65. The van der Waals surface area contributed by atoms with Gasteiger partial charge in [0, 0.05) is 7.11 Å². The van der Waals surface area contributed by atoms with Gasteiger partial charge in [0.25, 0.3) is 0 Å². The molecule has 1 aliphatic carbocycles. The van der Waals surface area contributed by atoms with Crippen molar-refractivity contribution in [2.45, 2.75) is 83.6 Å². The molecule has 2 fully saturated rings. The Balaban J connectivity index is 2.09. The van der Waals surface area contributed by atoms with Crippen LogP contribution in [0.25, 0.3) is 0 Å². The van der Waals surface area contributed by atoms with E-state index < -0.39 is 35.7 Å². The third-order valence-corrected chi connectivity index (χ3v) is 7.30. The van der Waals surface area contributed by atoms with E-state index in [4.69, 9.17) is 18.9 Å². The van der Waals surface area contributed by atoms with Crippen LogP contribution in [0.1, 0.15) is 59.4 Å². The molecule has 1 saturated heterocycles. The molecule has 2 aliphatic rings. The minimum Gasteiger partial charge on any atom is -0.460 e. The highest BCUT2D eigenvalue weighted by atomic mass is 16.7. The van der Waals surface area contributed by atoms with Gasteiger partial charge in [-0.3, -0.25) is 4.90 Å². The molecular weight excluding hydrogens is 438 g/mol. The number of rotatable bonds is 6. The number of aliphatic hydroxyl groups is 1. The summed E-state index contributed by atoms with van der Waals surface area (Å²) in [5.41, 5.74) is -3.18. The van der Waals surface area contributed by atoms with Crippen LogP contribution in [-0.4, -0.2) is 60.4 Å². The molecule has 1 aliphatic heterocycles. The molecule has 1 amide bonds. The van der Waals surface area contributed by atoms with Crippen molar-refractivity contribution in [2.24, 2.45) is 17.8 Å². The van der Waals surface area contributed by atoms with Crippen molar-refractivity contribution in [3.8, 4) is 0 Å². The molecule has 0 unspecified atom stereocenters. The van der Waals surface area contributed by atoms with E-state index in [1.807, 2.05) is 0 Å². The average Bonchev–Trinajstić information content (AvgIpc) is 3.09. The molecule has 190 valence electrons. The van der Waals surface area contributed by atoms with Gasteiger partial charge in [0.1, 0.15) is 17.9 Å². The number of ether oxygens (including phenoxy) is 4. The standard InChI is InChI=1S/C26H39NO7/c1-16(2)19-14-13-17(3)15-20(19)33-23(28)26(30,18-11-9-8-10-12-18)21-22(31-6)34-25(4,5)27(21)24(29)32-7/h8-12,16-17,19-22,30H,13-15H2,1-7H3/t17-,19+,20-,21-,22-,26+/m1/s1. The third kappa shape index (κ3) is 4.81. The Bertz CT molecular complexity index is 858. The maximum absolute atomic E-state index is 14.0. The van der Waals surface area contributed by atoms with Crippen molar-refractivity contribution in [1.82, 2.24) is 4.90 Å². The van der Waals surface area contributed by atoms with Gasteiger partial charge in [0.2, 0.25) is 5.60 Å². The van der Waals surface area contributed by atoms with E-state index in [-0.39, 0.29) is 17.6 Å². The van der Waals surface area contributed by atoms with Crippen molar-refractivity contribution in [3.05, 3.63) is 35.9 Å². The second-order valence-corrected chi connectivity index (χ2v) is 10.4. The minimum absolute atomic E-state index is 0.186. The largest absolute Gasteiger partial charge is 0.460 e. The summed E-state index contributed by atoms with van der Waals surface area (Å²) >= 11 is 0. The molecule has 8 heteroatoms. The SMILES string of the molecule is COC(=O)N1[C@@H]([C@](O)(C(=O)O[C@@H]2C[C@H](C)CC[C@H]2C(C)C)c2ccccc2)[C@H](OC)OC1(C)C. The van der Waals surface area contributed by atoms with Gasteiger partial charge in [-0.2, -0.15) is 0 Å². The summed E-state index contributed by atoms with van der Waals surface area (Å²) in [6.07, 6.45) is 0.567. The molecule has 1 aromatic rings. The van der Waals surface area contributed by atoms with E-state index in [0.717, 1.165) is 19.3 Å². The highest BCUT2D eigenvalue weighted by Crippen LogP contribution is 2.44. The van der Waals surface area contributed by atoms with Crippen LogP contribution in [0.5, 0.6) is 0 Å². The molecule has 0 radical (unpaired) electrons. The summed E-state index contributed by atoms with van der Waals surface area (Å²) in [5.74, 6) is 0.0869. The van der Waals surface area contributed by atoms with Gasteiger partial charge in [-0.25, -0.2) is 9.59 Å². The Morgan fingerprint density at radius 1 is 1.18 bits per heavy atom. The van der Waals surface area contributed by atoms with E-state index in [1.54, 1.807) is 44.2 Å². The van der Waals surface area contributed by atoms with Crippen LogP contribution < -0.4 is 0 Å². The van der Waals surface area contributed by atoms with Crippen LogP contribution in [-0.2, 0) is 29.3 Å². The summed E-state index contributed by atoms with van der Waals surface area (Å²) in [6, 6.07) is 7.26. The minimum atomic E-state index is -2.26. The van der Waals surface area contributed by atoms with E-state index in [1.165, 1.54) is 19.1 Å². The molecule has 1 N–H and O–H groups in total. The highest BCUT2D eigenvalue weighted by molar-refractivity contribution is 5.84.